The van der Waals surface area contributed by atoms with Crippen LogP contribution in [0.25, 0.3) is 5.69 Å². The van der Waals surface area contributed by atoms with E-state index in [0.717, 1.165) is 22.4 Å². The molecule has 2 rings (SSSR count). The average molecular weight is 280 g/mol. The smallest absolute Gasteiger partial charge is 0.0766 e. The van der Waals surface area contributed by atoms with Gasteiger partial charge in [-0.3, -0.25) is 0 Å². The van der Waals surface area contributed by atoms with Crippen molar-refractivity contribution < 1.29 is 0 Å². The van der Waals surface area contributed by atoms with Gasteiger partial charge in [0.15, 0.2) is 0 Å². The number of nitrogens with one attached hydrogen (secondary N) is 1. The average Bonchev–Trinajstić information content (AvgIpc) is 2.71. The van der Waals surface area contributed by atoms with E-state index in [1.165, 1.54) is 5.56 Å². The Kier molecular flexibility index (Phi) is 3.41. The lowest BCUT2D eigenvalue weighted by molar-refractivity contribution is 0.757. The first-order valence-corrected chi connectivity index (χ1v) is 5.95. The van der Waals surface area contributed by atoms with Crippen molar-refractivity contribution in [1.29, 1.82) is 0 Å². The molecule has 16 heavy (non-hydrogen) atoms. The number of hydrogen-bond donors (Lipinski definition) is 1. The molecule has 0 saturated heterocycles. The number of rotatable bonds is 3. The molecular weight excluding hydrogens is 266 g/mol. The quantitative estimate of drug-likeness (QED) is 0.936. The Bertz CT molecular complexity index is 491. The van der Waals surface area contributed by atoms with Gasteiger partial charge in [0.1, 0.15) is 0 Å². The van der Waals surface area contributed by atoms with Crippen molar-refractivity contribution in [2.45, 2.75) is 13.5 Å². The summed E-state index contributed by atoms with van der Waals surface area (Å²) >= 11 is 3.49. The number of halogens is 1. The van der Waals surface area contributed by atoms with Gasteiger partial charge in [-0.05, 0) is 43.8 Å². The minimum atomic E-state index is 0.794. The Labute approximate surface area is 104 Å². The maximum absolute atomic E-state index is 4.48. The van der Waals surface area contributed by atoms with Crippen molar-refractivity contribution in [3.63, 3.8) is 0 Å². The summed E-state index contributed by atoms with van der Waals surface area (Å²) < 4.78 is 3.02. The molecule has 0 spiro atoms. The highest BCUT2D eigenvalue weighted by Gasteiger charge is 2.02. The maximum Gasteiger partial charge on any atom is 0.0766 e. The first-order chi connectivity index (χ1) is 7.70. The third kappa shape index (κ3) is 2.33. The predicted octanol–water partition coefficient (Wildman–Crippen LogP) is 2.66. The minimum absolute atomic E-state index is 0.794. The Hall–Kier alpha value is -1.13. The van der Waals surface area contributed by atoms with Crippen LogP contribution >= 0.6 is 15.9 Å². The summed E-state index contributed by atoms with van der Waals surface area (Å²) in [5.41, 5.74) is 3.34. The van der Waals surface area contributed by atoms with Crippen molar-refractivity contribution >= 4 is 15.9 Å². The number of aryl methyl sites for hydroxylation is 1. The van der Waals surface area contributed by atoms with Crippen molar-refractivity contribution in [2.75, 3.05) is 7.05 Å². The van der Waals surface area contributed by atoms with Crippen LogP contribution in [0.15, 0.2) is 34.9 Å². The first kappa shape index (κ1) is 11.4. The zero-order valence-corrected chi connectivity index (χ0v) is 11.0. The third-order valence-electron chi connectivity index (χ3n) is 2.41. The molecule has 2 aromatic rings. The molecule has 0 atom stereocenters. The Morgan fingerprint density at radius 1 is 1.38 bits per heavy atom. The Balaban J connectivity index is 2.31. The summed E-state index contributed by atoms with van der Waals surface area (Å²) in [6, 6.07) is 8.23. The highest BCUT2D eigenvalue weighted by atomic mass is 79.9. The van der Waals surface area contributed by atoms with Crippen LogP contribution in [0.1, 0.15) is 11.3 Å². The van der Waals surface area contributed by atoms with Crippen LogP contribution in [0.4, 0.5) is 0 Å². The maximum atomic E-state index is 4.48. The SMILES string of the molecule is CNCc1ccn(-c2ccc(Br)c(C)c2)n1. The molecule has 3 nitrogen and oxygen atoms in total. The third-order valence-corrected chi connectivity index (χ3v) is 3.30. The van der Waals surface area contributed by atoms with E-state index in [1.807, 2.05) is 36.1 Å². The van der Waals surface area contributed by atoms with E-state index in [2.05, 4.69) is 39.3 Å². The van der Waals surface area contributed by atoms with Crippen molar-refractivity contribution in [3.8, 4) is 5.69 Å². The molecule has 0 aliphatic heterocycles. The van der Waals surface area contributed by atoms with Gasteiger partial charge >= 0.3 is 0 Å². The predicted molar refractivity (Wildman–Crippen MR) is 68.8 cm³/mol. The summed E-state index contributed by atoms with van der Waals surface area (Å²) in [7, 11) is 1.92. The number of benzene rings is 1. The fourth-order valence-corrected chi connectivity index (χ4v) is 1.80. The standard InChI is InChI=1S/C12H14BrN3/c1-9-7-11(3-4-12(9)13)16-6-5-10(15-16)8-14-2/h3-7,14H,8H2,1-2H3. The summed E-state index contributed by atoms with van der Waals surface area (Å²) in [6.07, 6.45) is 1.98. The van der Waals surface area contributed by atoms with E-state index < -0.39 is 0 Å². The minimum Gasteiger partial charge on any atom is -0.314 e. The summed E-state index contributed by atoms with van der Waals surface area (Å²) in [5, 5.41) is 7.57. The lowest BCUT2D eigenvalue weighted by Crippen LogP contribution is -2.06. The second-order valence-electron chi connectivity index (χ2n) is 3.72. The van der Waals surface area contributed by atoms with Gasteiger partial charge in [-0.1, -0.05) is 15.9 Å². The van der Waals surface area contributed by atoms with E-state index >= 15 is 0 Å². The monoisotopic (exact) mass is 279 g/mol. The van der Waals surface area contributed by atoms with Crippen molar-refractivity contribution in [1.82, 2.24) is 15.1 Å². The molecule has 0 radical (unpaired) electrons. The lowest BCUT2D eigenvalue weighted by Gasteiger charge is -2.04. The van der Waals surface area contributed by atoms with Crippen LogP contribution in [-0.4, -0.2) is 16.8 Å². The molecule has 0 bridgehead atoms. The van der Waals surface area contributed by atoms with Gasteiger partial charge in [0.25, 0.3) is 0 Å². The van der Waals surface area contributed by atoms with Gasteiger partial charge < -0.3 is 5.32 Å². The Morgan fingerprint density at radius 2 is 2.19 bits per heavy atom. The van der Waals surface area contributed by atoms with E-state index in [0.29, 0.717) is 0 Å². The molecule has 0 amide bonds. The summed E-state index contributed by atoms with van der Waals surface area (Å²) in [6.45, 7) is 2.87. The fraction of sp³-hybridized carbons (Fsp3) is 0.250. The first-order valence-electron chi connectivity index (χ1n) is 5.16. The topological polar surface area (TPSA) is 29.9 Å². The Morgan fingerprint density at radius 3 is 2.88 bits per heavy atom. The van der Waals surface area contributed by atoms with Gasteiger partial charge in [-0.15, -0.1) is 0 Å². The molecule has 0 fully saturated rings. The summed E-state index contributed by atoms with van der Waals surface area (Å²) in [4.78, 5) is 0. The van der Waals surface area contributed by atoms with Crippen LogP contribution in [0, 0.1) is 6.92 Å². The molecule has 1 aromatic heterocycles. The van der Waals surface area contributed by atoms with E-state index in [-0.39, 0.29) is 0 Å². The van der Waals surface area contributed by atoms with E-state index in [4.69, 9.17) is 0 Å². The normalized spacial score (nSPS) is 10.7. The van der Waals surface area contributed by atoms with E-state index in [9.17, 15) is 0 Å². The zero-order valence-electron chi connectivity index (χ0n) is 9.37. The van der Waals surface area contributed by atoms with Crippen molar-refractivity contribution in [3.05, 3.63) is 46.2 Å². The van der Waals surface area contributed by atoms with Gasteiger partial charge in [0.2, 0.25) is 0 Å². The lowest BCUT2D eigenvalue weighted by atomic mass is 10.2. The molecule has 1 aromatic carbocycles. The highest BCUT2D eigenvalue weighted by Crippen LogP contribution is 2.19. The summed E-state index contributed by atoms with van der Waals surface area (Å²) in [5.74, 6) is 0. The second-order valence-corrected chi connectivity index (χ2v) is 4.57. The van der Waals surface area contributed by atoms with Crippen LogP contribution < -0.4 is 5.32 Å². The van der Waals surface area contributed by atoms with Gasteiger partial charge in [0.05, 0.1) is 11.4 Å². The van der Waals surface area contributed by atoms with Crippen LogP contribution in [-0.2, 0) is 6.54 Å². The van der Waals surface area contributed by atoms with Crippen molar-refractivity contribution in [2.24, 2.45) is 0 Å². The van der Waals surface area contributed by atoms with Crippen LogP contribution in [0.3, 0.4) is 0 Å². The molecule has 0 unspecified atom stereocenters. The van der Waals surface area contributed by atoms with Gasteiger partial charge in [0, 0.05) is 17.2 Å². The van der Waals surface area contributed by atoms with E-state index in [1.54, 1.807) is 0 Å². The van der Waals surface area contributed by atoms with Gasteiger partial charge in [-0.25, -0.2) is 4.68 Å². The molecular formula is C12H14BrN3. The van der Waals surface area contributed by atoms with Crippen LogP contribution in [0.5, 0.6) is 0 Å². The fourth-order valence-electron chi connectivity index (χ4n) is 1.55. The molecule has 0 aliphatic carbocycles. The number of aromatic nitrogens is 2. The molecule has 0 saturated carbocycles. The molecule has 4 heteroatoms. The number of nitrogens with zero attached hydrogens (tertiary/aromatic N) is 2. The molecule has 1 N–H and O–H groups in total. The molecule has 84 valence electrons. The zero-order chi connectivity index (χ0) is 11.5. The largest absolute Gasteiger partial charge is 0.314 e. The number of hydrogen-bond acceptors (Lipinski definition) is 2. The van der Waals surface area contributed by atoms with Crippen LogP contribution in [0.2, 0.25) is 0 Å². The molecule has 0 aliphatic rings. The highest BCUT2D eigenvalue weighted by molar-refractivity contribution is 9.10. The second kappa shape index (κ2) is 4.80. The molecule has 1 heterocycles. The van der Waals surface area contributed by atoms with Gasteiger partial charge in [-0.2, -0.15) is 5.10 Å².